The summed E-state index contributed by atoms with van der Waals surface area (Å²) in [5.74, 6) is 0. The summed E-state index contributed by atoms with van der Waals surface area (Å²) in [6.45, 7) is 2.18. The zero-order valence-corrected chi connectivity index (χ0v) is 9.57. The Morgan fingerprint density at radius 1 is 1.54 bits per heavy atom. The first-order valence-electron chi connectivity index (χ1n) is 4.84. The van der Waals surface area contributed by atoms with Crippen LogP contribution in [0.3, 0.4) is 0 Å². The Morgan fingerprint density at radius 2 is 2.38 bits per heavy atom. The molecule has 74 valence electrons. The monoisotopic (exact) mass is 217 g/mol. The molecule has 0 bridgehead atoms. The second kappa shape index (κ2) is 6.39. The molecule has 0 fully saturated rings. The lowest BCUT2D eigenvalue weighted by molar-refractivity contribution is 0.642. The average Bonchev–Trinajstić information content (AvgIpc) is 2.57. The Labute approximate surface area is 89.1 Å². The van der Waals surface area contributed by atoms with Gasteiger partial charge in [-0.05, 0) is 25.7 Å². The van der Waals surface area contributed by atoms with E-state index in [0.717, 1.165) is 19.3 Å². The summed E-state index contributed by atoms with van der Waals surface area (Å²) < 4.78 is 0. The molecule has 0 saturated carbocycles. The summed E-state index contributed by atoms with van der Waals surface area (Å²) in [5, 5.41) is 0.373. The molecule has 1 rings (SSSR count). The fourth-order valence-electron chi connectivity index (χ4n) is 1.32. The lowest BCUT2D eigenvalue weighted by Gasteiger charge is -2.05. The van der Waals surface area contributed by atoms with E-state index in [1.165, 1.54) is 17.7 Å². The molecular formula is C10H16ClNS. The minimum absolute atomic E-state index is 0.373. The molecular weight excluding hydrogens is 202 g/mol. The van der Waals surface area contributed by atoms with Gasteiger partial charge >= 0.3 is 0 Å². The van der Waals surface area contributed by atoms with Crippen LogP contribution in [0.4, 0.5) is 0 Å². The molecule has 0 N–H and O–H groups in total. The van der Waals surface area contributed by atoms with E-state index in [2.05, 4.69) is 11.9 Å². The summed E-state index contributed by atoms with van der Waals surface area (Å²) in [6, 6.07) is 0. The molecule has 1 atom stereocenters. The van der Waals surface area contributed by atoms with Crippen LogP contribution in [-0.4, -0.2) is 10.4 Å². The van der Waals surface area contributed by atoms with Gasteiger partial charge in [-0.1, -0.05) is 13.3 Å². The van der Waals surface area contributed by atoms with Gasteiger partial charge in [0.15, 0.2) is 0 Å². The zero-order valence-electron chi connectivity index (χ0n) is 8.00. The van der Waals surface area contributed by atoms with Crippen molar-refractivity contribution in [3.63, 3.8) is 0 Å². The third kappa shape index (κ3) is 4.63. The second-order valence-corrected chi connectivity index (χ2v) is 4.83. The molecule has 3 heteroatoms. The van der Waals surface area contributed by atoms with E-state index < -0.39 is 0 Å². The number of thiazole rings is 1. The summed E-state index contributed by atoms with van der Waals surface area (Å²) in [6.07, 6.45) is 7.74. The van der Waals surface area contributed by atoms with E-state index >= 15 is 0 Å². The van der Waals surface area contributed by atoms with Gasteiger partial charge in [0.25, 0.3) is 0 Å². The van der Waals surface area contributed by atoms with Crippen molar-refractivity contribution < 1.29 is 0 Å². The van der Waals surface area contributed by atoms with Gasteiger partial charge in [0.2, 0.25) is 0 Å². The fraction of sp³-hybridized carbons (Fsp3) is 0.700. The molecule has 1 nitrogen and oxygen atoms in total. The third-order valence-electron chi connectivity index (χ3n) is 2.03. The number of hydrogen-bond acceptors (Lipinski definition) is 2. The van der Waals surface area contributed by atoms with Crippen molar-refractivity contribution in [2.75, 3.05) is 0 Å². The van der Waals surface area contributed by atoms with E-state index in [1.807, 2.05) is 11.7 Å². The van der Waals surface area contributed by atoms with Gasteiger partial charge in [0.1, 0.15) is 0 Å². The normalized spacial score (nSPS) is 13.1. The SMILES string of the molecule is CCCC(Cl)CCCc1cncs1. The van der Waals surface area contributed by atoms with E-state index in [0.29, 0.717) is 5.38 Å². The summed E-state index contributed by atoms with van der Waals surface area (Å²) in [5.41, 5.74) is 1.89. The highest BCUT2D eigenvalue weighted by atomic mass is 35.5. The molecule has 1 aromatic rings. The van der Waals surface area contributed by atoms with Crippen molar-refractivity contribution in [3.8, 4) is 0 Å². The molecule has 1 aromatic heterocycles. The number of halogens is 1. The highest BCUT2D eigenvalue weighted by Gasteiger charge is 2.03. The molecule has 1 unspecified atom stereocenters. The van der Waals surface area contributed by atoms with Crippen molar-refractivity contribution >= 4 is 22.9 Å². The predicted molar refractivity (Wildman–Crippen MR) is 59.6 cm³/mol. The lowest BCUT2D eigenvalue weighted by atomic mass is 10.1. The summed E-state index contributed by atoms with van der Waals surface area (Å²) in [4.78, 5) is 5.42. The Kier molecular flexibility index (Phi) is 5.40. The summed E-state index contributed by atoms with van der Waals surface area (Å²) >= 11 is 7.84. The van der Waals surface area contributed by atoms with E-state index in [4.69, 9.17) is 11.6 Å². The van der Waals surface area contributed by atoms with Crippen molar-refractivity contribution in [3.05, 3.63) is 16.6 Å². The highest BCUT2D eigenvalue weighted by molar-refractivity contribution is 7.09. The Morgan fingerprint density at radius 3 is 3.00 bits per heavy atom. The molecule has 0 spiro atoms. The first-order valence-corrected chi connectivity index (χ1v) is 6.16. The van der Waals surface area contributed by atoms with Crippen LogP contribution in [0, 0.1) is 0 Å². The predicted octanol–water partition coefficient (Wildman–Crippen LogP) is 3.87. The largest absolute Gasteiger partial charge is 0.253 e. The van der Waals surface area contributed by atoms with Gasteiger partial charge in [0, 0.05) is 16.5 Å². The fourth-order valence-corrected chi connectivity index (χ4v) is 2.33. The minimum atomic E-state index is 0.373. The second-order valence-electron chi connectivity index (χ2n) is 3.25. The quantitative estimate of drug-likeness (QED) is 0.660. The Bertz CT molecular complexity index is 211. The van der Waals surface area contributed by atoms with Crippen LogP contribution in [0.2, 0.25) is 0 Å². The zero-order chi connectivity index (χ0) is 9.52. The van der Waals surface area contributed by atoms with Crippen LogP contribution < -0.4 is 0 Å². The van der Waals surface area contributed by atoms with Gasteiger partial charge in [-0.15, -0.1) is 22.9 Å². The molecule has 0 aromatic carbocycles. The average molecular weight is 218 g/mol. The van der Waals surface area contributed by atoms with Gasteiger partial charge in [-0.3, -0.25) is 4.98 Å². The van der Waals surface area contributed by atoms with Crippen molar-refractivity contribution in [1.29, 1.82) is 0 Å². The number of rotatable bonds is 6. The Hall–Kier alpha value is -0.0800. The van der Waals surface area contributed by atoms with Gasteiger partial charge in [0.05, 0.1) is 5.51 Å². The maximum absolute atomic E-state index is 6.11. The van der Waals surface area contributed by atoms with Crippen molar-refractivity contribution in [2.24, 2.45) is 0 Å². The van der Waals surface area contributed by atoms with E-state index in [1.54, 1.807) is 11.3 Å². The molecule has 0 radical (unpaired) electrons. The Balaban J connectivity index is 2.07. The molecule has 0 saturated heterocycles. The number of nitrogens with zero attached hydrogens (tertiary/aromatic N) is 1. The molecule has 1 heterocycles. The lowest BCUT2D eigenvalue weighted by Crippen LogP contribution is -1.98. The highest BCUT2D eigenvalue weighted by Crippen LogP contribution is 2.15. The number of hydrogen-bond donors (Lipinski definition) is 0. The molecule has 0 amide bonds. The number of aromatic nitrogens is 1. The van der Waals surface area contributed by atoms with Gasteiger partial charge in [-0.2, -0.15) is 0 Å². The maximum atomic E-state index is 6.11. The van der Waals surface area contributed by atoms with Crippen molar-refractivity contribution in [2.45, 2.75) is 44.4 Å². The standard InChI is InChI=1S/C10H16ClNS/c1-2-4-9(11)5-3-6-10-7-12-8-13-10/h7-9H,2-6H2,1H3. The molecule has 0 aliphatic rings. The van der Waals surface area contributed by atoms with Gasteiger partial charge in [-0.25, -0.2) is 0 Å². The van der Waals surface area contributed by atoms with Crippen LogP contribution in [0.5, 0.6) is 0 Å². The van der Waals surface area contributed by atoms with Crippen LogP contribution in [0.15, 0.2) is 11.7 Å². The van der Waals surface area contributed by atoms with E-state index in [9.17, 15) is 0 Å². The van der Waals surface area contributed by atoms with E-state index in [-0.39, 0.29) is 0 Å². The topological polar surface area (TPSA) is 12.9 Å². The molecule has 0 aliphatic heterocycles. The number of aryl methyl sites for hydroxylation is 1. The smallest absolute Gasteiger partial charge is 0.0794 e. The van der Waals surface area contributed by atoms with Crippen LogP contribution in [-0.2, 0) is 6.42 Å². The summed E-state index contributed by atoms with van der Waals surface area (Å²) in [7, 11) is 0. The molecule has 13 heavy (non-hydrogen) atoms. The third-order valence-corrected chi connectivity index (χ3v) is 3.30. The van der Waals surface area contributed by atoms with Crippen LogP contribution in [0.25, 0.3) is 0 Å². The van der Waals surface area contributed by atoms with Crippen molar-refractivity contribution in [1.82, 2.24) is 4.98 Å². The number of alkyl halides is 1. The molecule has 0 aliphatic carbocycles. The van der Waals surface area contributed by atoms with Gasteiger partial charge < -0.3 is 0 Å². The van der Waals surface area contributed by atoms with Crippen LogP contribution >= 0.6 is 22.9 Å². The maximum Gasteiger partial charge on any atom is 0.0794 e. The first kappa shape index (κ1) is 11.0. The van der Waals surface area contributed by atoms with Crippen LogP contribution in [0.1, 0.15) is 37.5 Å². The first-order chi connectivity index (χ1) is 6.33. The minimum Gasteiger partial charge on any atom is -0.253 e.